The molecule has 0 saturated carbocycles. The Morgan fingerprint density at radius 2 is 2.09 bits per heavy atom. The van der Waals surface area contributed by atoms with E-state index in [4.69, 9.17) is 0 Å². The fourth-order valence-corrected chi connectivity index (χ4v) is 3.61. The molecule has 2 amide bonds. The van der Waals surface area contributed by atoms with Crippen molar-refractivity contribution >= 4 is 22.8 Å². The number of fused-ring (bicyclic) bond motifs is 1. The minimum atomic E-state index is -0.0336. The molecule has 0 radical (unpaired) electrons. The molecule has 2 N–H and O–H groups in total. The Labute approximate surface area is 135 Å². The molecule has 2 fully saturated rings. The van der Waals surface area contributed by atoms with Crippen molar-refractivity contribution in [1.82, 2.24) is 25.2 Å². The molecule has 23 heavy (non-hydrogen) atoms. The highest BCUT2D eigenvalue weighted by Gasteiger charge is 2.37. The number of rotatable bonds is 2. The van der Waals surface area contributed by atoms with Crippen molar-refractivity contribution in [3.63, 3.8) is 0 Å². The molecule has 2 saturated heterocycles. The van der Waals surface area contributed by atoms with Crippen molar-refractivity contribution in [3.8, 4) is 0 Å². The second-order valence-electron chi connectivity index (χ2n) is 6.60. The fourth-order valence-electron chi connectivity index (χ4n) is 3.61. The number of benzene rings is 1. The minimum absolute atomic E-state index is 0.0336. The van der Waals surface area contributed by atoms with Crippen LogP contribution in [-0.4, -0.2) is 63.0 Å². The molecule has 0 spiro atoms. The van der Waals surface area contributed by atoms with E-state index in [-0.39, 0.29) is 6.03 Å². The second kappa shape index (κ2) is 5.81. The molecule has 122 valence electrons. The van der Waals surface area contributed by atoms with Crippen molar-refractivity contribution in [2.24, 2.45) is 0 Å². The van der Waals surface area contributed by atoms with Gasteiger partial charge in [0, 0.05) is 30.9 Å². The zero-order valence-electron chi connectivity index (χ0n) is 13.3. The molecule has 2 aliphatic rings. The lowest BCUT2D eigenvalue weighted by molar-refractivity contribution is 0.0199. The van der Waals surface area contributed by atoms with Crippen LogP contribution in [0.25, 0.3) is 11.0 Å². The third-order valence-electron chi connectivity index (χ3n) is 5.04. The number of urea groups is 1. The quantitative estimate of drug-likeness (QED) is 0.889. The first kappa shape index (κ1) is 14.4. The van der Waals surface area contributed by atoms with Crippen molar-refractivity contribution in [2.45, 2.75) is 38.3 Å². The predicted molar refractivity (Wildman–Crippen MR) is 88.3 cm³/mol. The van der Waals surface area contributed by atoms with Crippen molar-refractivity contribution in [1.29, 1.82) is 0 Å². The predicted octanol–water partition coefficient (Wildman–Crippen LogP) is 2.05. The van der Waals surface area contributed by atoms with Crippen molar-refractivity contribution in [3.05, 3.63) is 18.2 Å². The largest absolute Gasteiger partial charge is 0.321 e. The average Bonchev–Trinajstić information content (AvgIpc) is 2.95. The minimum Gasteiger partial charge on any atom is -0.321 e. The third-order valence-corrected chi connectivity index (χ3v) is 5.04. The van der Waals surface area contributed by atoms with E-state index in [0.717, 1.165) is 29.8 Å². The van der Waals surface area contributed by atoms with E-state index in [0.29, 0.717) is 12.1 Å². The van der Waals surface area contributed by atoms with Crippen LogP contribution in [-0.2, 0) is 0 Å². The Bertz CT molecular complexity index is 707. The first-order valence-electron chi connectivity index (χ1n) is 8.33. The van der Waals surface area contributed by atoms with Crippen LogP contribution in [0.4, 0.5) is 10.5 Å². The molecule has 7 heteroatoms. The van der Waals surface area contributed by atoms with Gasteiger partial charge >= 0.3 is 6.03 Å². The number of hydrogen-bond donors (Lipinski definition) is 2. The molecule has 1 atom stereocenters. The summed E-state index contributed by atoms with van der Waals surface area (Å²) in [7, 11) is 0. The Morgan fingerprint density at radius 1 is 1.26 bits per heavy atom. The Balaban J connectivity index is 1.34. The molecule has 0 aliphatic carbocycles. The molecule has 2 aromatic rings. The van der Waals surface area contributed by atoms with Gasteiger partial charge in [-0.2, -0.15) is 15.4 Å². The lowest BCUT2D eigenvalue weighted by Crippen LogP contribution is -2.64. The summed E-state index contributed by atoms with van der Waals surface area (Å²) in [5, 5.41) is 13.6. The molecule has 2 aliphatic heterocycles. The van der Waals surface area contributed by atoms with E-state index in [1.165, 1.54) is 25.8 Å². The highest BCUT2D eigenvalue weighted by atomic mass is 16.2. The number of hydrogen-bond acceptors (Lipinski definition) is 4. The zero-order valence-corrected chi connectivity index (χ0v) is 13.3. The smallest absolute Gasteiger partial charge is 0.321 e. The summed E-state index contributed by atoms with van der Waals surface area (Å²) in [6.45, 7) is 5.11. The van der Waals surface area contributed by atoms with Crippen LogP contribution < -0.4 is 5.32 Å². The lowest BCUT2D eigenvalue weighted by Gasteiger charge is -2.49. The summed E-state index contributed by atoms with van der Waals surface area (Å²) in [6, 6.07) is 6.67. The second-order valence-corrected chi connectivity index (χ2v) is 6.60. The van der Waals surface area contributed by atoms with Crippen molar-refractivity contribution in [2.75, 3.05) is 25.0 Å². The molecule has 7 nitrogen and oxygen atoms in total. The van der Waals surface area contributed by atoms with E-state index in [1.807, 2.05) is 23.1 Å². The standard InChI is InChI=1S/C16H22N6O/c1-11-4-2-3-7-22(11)13-9-21(10-13)16(23)17-12-5-6-14-15(8-12)19-20-18-14/h5-6,8,11,13H,2-4,7,9-10H2,1H3,(H,17,23)(H,18,19,20)/t11-/m0/s1. The summed E-state index contributed by atoms with van der Waals surface area (Å²) in [6.07, 6.45) is 3.89. The first-order valence-corrected chi connectivity index (χ1v) is 8.33. The molecular formula is C16H22N6O. The molecule has 3 heterocycles. The normalized spacial score (nSPS) is 23.0. The Kier molecular flexibility index (Phi) is 3.65. The van der Waals surface area contributed by atoms with Crippen LogP contribution >= 0.6 is 0 Å². The summed E-state index contributed by atoms with van der Waals surface area (Å²) < 4.78 is 0. The Hall–Kier alpha value is -2.15. The SMILES string of the molecule is C[C@H]1CCCCN1C1CN(C(=O)Nc2ccc3n[nH]nc3c2)C1. The van der Waals surface area contributed by atoms with Crippen LogP contribution in [0.5, 0.6) is 0 Å². The van der Waals surface area contributed by atoms with Gasteiger partial charge in [0.25, 0.3) is 0 Å². The van der Waals surface area contributed by atoms with Crippen LogP contribution in [0.2, 0.25) is 0 Å². The van der Waals surface area contributed by atoms with Gasteiger partial charge < -0.3 is 10.2 Å². The van der Waals surface area contributed by atoms with Gasteiger partial charge in [0.05, 0.1) is 0 Å². The fraction of sp³-hybridized carbons (Fsp3) is 0.562. The lowest BCUT2D eigenvalue weighted by atomic mass is 9.98. The van der Waals surface area contributed by atoms with Crippen molar-refractivity contribution < 1.29 is 4.79 Å². The van der Waals surface area contributed by atoms with E-state index in [2.05, 4.69) is 32.6 Å². The maximum atomic E-state index is 12.3. The maximum absolute atomic E-state index is 12.3. The van der Waals surface area contributed by atoms with Crippen LogP contribution in [0.15, 0.2) is 18.2 Å². The van der Waals surface area contributed by atoms with Crippen LogP contribution in [0, 0.1) is 0 Å². The molecule has 0 unspecified atom stereocenters. The number of carbonyl (C=O) groups excluding carboxylic acids is 1. The van der Waals surface area contributed by atoms with E-state index < -0.39 is 0 Å². The maximum Gasteiger partial charge on any atom is 0.321 e. The first-order chi connectivity index (χ1) is 11.2. The van der Waals surface area contributed by atoms with Gasteiger partial charge in [0.2, 0.25) is 0 Å². The van der Waals surface area contributed by atoms with Gasteiger partial charge in [-0.25, -0.2) is 4.79 Å². The number of amides is 2. The number of aromatic amines is 1. The van der Waals surface area contributed by atoms with Gasteiger partial charge in [0.15, 0.2) is 0 Å². The zero-order chi connectivity index (χ0) is 15.8. The summed E-state index contributed by atoms with van der Waals surface area (Å²) >= 11 is 0. The number of nitrogens with zero attached hydrogens (tertiary/aromatic N) is 4. The number of anilines is 1. The summed E-state index contributed by atoms with van der Waals surface area (Å²) in [5.74, 6) is 0. The van der Waals surface area contributed by atoms with E-state index in [1.54, 1.807) is 0 Å². The summed E-state index contributed by atoms with van der Waals surface area (Å²) in [4.78, 5) is 16.8. The third kappa shape index (κ3) is 2.76. The average molecular weight is 314 g/mol. The van der Waals surface area contributed by atoms with Crippen LogP contribution in [0.1, 0.15) is 26.2 Å². The topological polar surface area (TPSA) is 77.1 Å². The van der Waals surface area contributed by atoms with E-state index >= 15 is 0 Å². The number of aromatic nitrogens is 3. The number of likely N-dealkylation sites (tertiary alicyclic amines) is 2. The van der Waals surface area contributed by atoms with Crippen LogP contribution in [0.3, 0.4) is 0 Å². The number of piperidine rings is 1. The van der Waals surface area contributed by atoms with E-state index in [9.17, 15) is 4.79 Å². The van der Waals surface area contributed by atoms with Gasteiger partial charge in [-0.1, -0.05) is 6.42 Å². The van der Waals surface area contributed by atoms with Gasteiger partial charge in [0.1, 0.15) is 11.0 Å². The molecular weight excluding hydrogens is 292 g/mol. The molecule has 1 aromatic heterocycles. The highest BCUT2D eigenvalue weighted by Crippen LogP contribution is 2.25. The number of nitrogens with one attached hydrogen (secondary N) is 2. The molecule has 4 rings (SSSR count). The van der Waals surface area contributed by atoms with Gasteiger partial charge in [-0.3, -0.25) is 4.90 Å². The monoisotopic (exact) mass is 314 g/mol. The molecule has 1 aromatic carbocycles. The molecule has 0 bridgehead atoms. The summed E-state index contributed by atoms with van der Waals surface area (Å²) in [5.41, 5.74) is 2.31. The van der Waals surface area contributed by atoms with Gasteiger partial charge in [-0.05, 0) is 44.5 Å². The number of H-pyrrole nitrogens is 1. The number of carbonyl (C=O) groups is 1. The Morgan fingerprint density at radius 3 is 2.91 bits per heavy atom. The van der Waals surface area contributed by atoms with Gasteiger partial charge in [-0.15, -0.1) is 0 Å². The highest BCUT2D eigenvalue weighted by molar-refractivity contribution is 5.92.